The van der Waals surface area contributed by atoms with Crippen LogP contribution in [0.4, 0.5) is 5.82 Å². The largest absolute Gasteiger partial charge is 0.383 e. The van der Waals surface area contributed by atoms with Gasteiger partial charge in [-0.05, 0) is 12.8 Å². The molecule has 4 nitrogen and oxygen atoms in total. The summed E-state index contributed by atoms with van der Waals surface area (Å²) in [5.74, 6) is 2.12. The molecular weight excluding hydrogens is 208 g/mol. The summed E-state index contributed by atoms with van der Waals surface area (Å²) in [6, 6.07) is 0. The summed E-state index contributed by atoms with van der Waals surface area (Å²) in [6.07, 6.45) is 6.12. The Balaban J connectivity index is 1.92. The smallest absolute Gasteiger partial charge is 0.135 e. The van der Waals surface area contributed by atoms with Crippen LogP contribution < -0.4 is 5.73 Å². The molecule has 2 heterocycles. The highest BCUT2D eigenvalue weighted by atomic mass is 32.1. The molecule has 5 heteroatoms. The fourth-order valence-corrected chi connectivity index (χ4v) is 2.10. The maximum absolute atomic E-state index is 5.56. The van der Waals surface area contributed by atoms with Gasteiger partial charge in [0.2, 0.25) is 0 Å². The van der Waals surface area contributed by atoms with E-state index in [4.69, 9.17) is 5.73 Å². The van der Waals surface area contributed by atoms with Gasteiger partial charge in [0.15, 0.2) is 0 Å². The Bertz CT molecular complexity index is 472. The summed E-state index contributed by atoms with van der Waals surface area (Å²) in [7, 11) is 0. The SMILES string of the molecule is Nc1csc(-c2cnc(C3CC3)nc2)n1. The molecule has 1 aliphatic carbocycles. The number of hydrogen-bond acceptors (Lipinski definition) is 5. The molecule has 0 aliphatic heterocycles. The third-order valence-corrected chi connectivity index (χ3v) is 3.29. The number of nitrogens with two attached hydrogens (primary N) is 1. The normalized spacial score (nSPS) is 15.5. The predicted molar refractivity (Wildman–Crippen MR) is 59.5 cm³/mol. The average molecular weight is 218 g/mol. The van der Waals surface area contributed by atoms with E-state index in [2.05, 4.69) is 15.0 Å². The van der Waals surface area contributed by atoms with E-state index in [1.54, 1.807) is 0 Å². The van der Waals surface area contributed by atoms with Crippen LogP contribution >= 0.6 is 11.3 Å². The van der Waals surface area contributed by atoms with Crippen LogP contribution in [0.3, 0.4) is 0 Å². The minimum Gasteiger partial charge on any atom is -0.383 e. The number of nitrogens with zero attached hydrogens (tertiary/aromatic N) is 3. The second-order valence-corrected chi connectivity index (χ2v) is 4.54. The molecule has 3 rings (SSSR count). The minimum atomic E-state index is 0.557. The van der Waals surface area contributed by atoms with E-state index in [9.17, 15) is 0 Å². The lowest BCUT2D eigenvalue weighted by atomic mass is 10.3. The minimum absolute atomic E-state index is 0.557. The zero-order chi connectivity index (χ0) is 10.3. The molecule has 1 saturated carbocycles. The molecule has 15 heavy (non-hydrogen) atoms. The lowest BCUT2D eigenvalue weighted by Crippen LogP contribution is -1.92. The third kappa shape index (κ3) is 1.70. The molecule has 1 aliphatic rings. The predicted octanol–water partition coefficient (Wildman–Crippen LogP) is 2.06. The number of nitrogen functional groups attached to an aromatic ring is 1. The second-order valence-electron chi connectivity index (χ2n) is 3.68. The van der Waals surface area contributed by atoms with Gasteiger partial charge >= 0.3 is 0 Å². The van der Waals surface area contributed by atoms with Crippen LogP contribution in [0.15, 0.2) is 17.8 Å². The second kappa shape index (κ2) is 3.27. The molecule has 76 valence electrons. The third-order valence-electron chi connectivity index (χ3n) is 2.38. The monoisotopic (exact) mass is 218 g/mol. The number of anilines is 1. The molecule has 2 aromatic rings. The van der Waals surface area contributed by atoms with Crippen LogP contribution in [0, 0.1) is 0 Å². The average Bonchev–Trinajstić information content (AvgIpc) is 3.02. The van der Waals surface area contributed by atoms with Gasteiger partial charge in [0, 0.05) is 29.3 Å². The highest BCUT2D eigenvalue weighted by molar-refractivity contribution is 7.13. The van der Waals surface area contributed by atoms with Gasteiger partial charge in [-0.3, -0.25) is 0 Å². The standard InChI is InChI=1S/C10H10N4S/c11-8-5-15-10(14-8)7-3-12-9(13-4-7)6-1-2-6/h3-6H,1-2,11H2. The van der Waals surface area contributed by atoms with Gasteiger partial charge in [-0.1, -0.05) is 0 Å². The number of thiazole rings is 1. The van der Waals surface area contributed by atoms with Gasteiger partial charge in [0.25, 0.3) is 0 Å². The van der Waals surface area contributed by atoms with Crippen LogP contribution in [0.5, 0.6) is 0 Å². The van der Waals surface area contributed by atoms with E-state index in [0.717, 1.165) is 16.4 Å². The van der Waals surface area contributed by atoms with Crippen molar-refractivity contribution in [1.29, 1.82) is 0 Å². The van der Waals surface area contributed by atoms with E-state index >= 15 is 0 Å². The number of hydrogen-bond donors (Lipinski definition) is 1. The Kier molecular flexibility index (Phi) is 1.92. The zero-order valence-corrected chi connectivity index (χ0v) is 8.87. The Morgan fingerprint density at radius 2 is 2.00 bits per heavy atom. The van der Waals surface area contributed by atoms with E-state index in [-0.39, 0.29) is 0 Å². The molecule has 0 spiro atoms. The Morgan fingerprint density at radius 3 is 2.53 bits per heavy atom. The van der Waals surface area contributed by atoms with Crippen molar-refractivity contribution in [3.05, 3.63) is 23.6 Å². The summed E-state index contributed by atoms with van der Waals surface area (Å²) in [5.41, 5.74) is 6.51. The van der Waals surface area contributed by atoms with Gasteiger partial charge in [0.1, 0.15) is 16.6 Å². The lowest BCUT2D eigenvalue weighted by Gasteiger charge is -1.97. The molecule has 2 aromatic heterocycles. The lowest BCUT2D eigenvalue weighted by molar-refractivity contribution is 0.928. The van der Waals surface area contributed by atoms with Crippen molar-refractivity contribution in [3.63, 3.8) is 0 Å². The van der Waals surface area contributed by atoms with Gasteiger partial charge in [-0.2, -0.15) is 0 Å². The van der Waals surface area contributed by atoms with Gasteiger partial charge < -0.3 is 5.73 Å². The van der Waals surface area contributed by atoms with Crippen LogP contribution in [-0.2, 0) is 0 Å². The molecule has 0 aromatic carbocycles. The van der Waals surface area contributed by atoms with E-state index in [1.165, 1.54) is 24.2 Å². The molecule has 0 amide bonds. The maximum atomic E-state index is 5.56. The molecule has 0 radical (unpaired) electrons. The topological polar surface area (TPSA) is 64.7 Å². The van der Waals surface area contributed by atoms with Crippen molar-refractivity contribution >= 4 is 17.2 Å². The Morgan fingerprint density at radius 1 is 1.27 bits per heavy atom. The molecule has 0 saturated heterocycles. The first-order valence-electron chi connectivity index (χ1n) is 4.86. The van der Waals surface area contributed by atoms with Crippen molar-refractivity contribution in [2.75, 3.05) is 5.73 Å². The number of aromatic nitrogens is 3. The van der Waals surface area contributed by atoms with Crippen LogP contribution in [0.1, 0.15) is 24.6 Å². The Labute approximate surface area is 91.2 Å². The fraction of sp³-hybridized carbons (Fsp3) is 0.300. The van der Waals surface area contributed by atoms with Crippen LogP contribution in [0.25, 0.3) is 10.6 Å². The van der Waals surface area contributed by atoms with Crippen molar-refractivity contribution < 1.29 is 0 Å². The van der Waals surface area contributed by atoms with E-state index in [1.807, 2.05) is 17.8 Å². The van der Waals surface area contributed by atoms with Crippen molar-refractivity contribution in [2.24, 2.45) is 0 Å². The maximum Gasteiger partial charge on any atom is 0.135 e. The van der Waals surface area contributed by atoms with E-state index < -0.39 is 0 Å². The summed E-state index contributed by atoms with van der Waals surface area (Å²) in [5, 5.41) is 2.71. The van der Waals surface area contributed by atoms with Crippen LogP contribution in [0.2, 0.25) is 0 Å². The van der Waals surface area contributed by atoms with Crippen LogP contribution in [-0.4, -0.2) is 15.0 Å². The molecule has 0 bridgehead atoms. The molecule has 1 fully saturated rings. The highest BCUT2D eigenvalue weighted by Crippen LogP contribution is 2.38. The first-order valence-corrected chi connectivity index (χ1v) is 5.74. The summed E-state index contributed by atoms with van der Waals surface area (Å²) < 4.78 is 0. The van der Waals surface area contributed by atoms with Gasteiger partial charge in [-0.15, -0.1) is 11.3 Å². The van der Waals surface area contributed by atoms with Crippen molar-refractivity contribution in [3.8, 4) is 10.6 Å². The number of rotatable bonds is 2. The molecular formula is C10H10N4S. The van der Waals surface area contributed by atoms with Crippen molar-refractivity contribution in [2.45, 2.75) is 18.8 Å². The van der Waals surface area contributed by atoms with Crippen molar-refractivity contribution in [1.82, 2.24) is 15.0 Å². The summed E-state index contributed by atoms with van der Waals surface area (Å²) >= 11 is 1.52. The Hall–Kier alpha value is -1.49. The fourth-order valence-electron chi connectivity index (χ4n) is 1.42. The molecule has 0 unspecified atom stereocenters. The first kappa shape index (κ1) is 8.79. The molecule has 0 atom stereocenters. The highest BCUT2D eigenvalue weighted by Gasteiger charge is 2.26. The quantitative estimate of drug-likeness (QED) is 0.838. The van der Waals surface area contributed by atoms with Gasteiger partial charge in [0.05, 0.1) is 0 Å². The summed E-state index contributed by atoms with van der Waals surface area (Å²) in [6.45, 7) is 0. The molecule has 2 N–H and O–H groups in total. The van der Waals surface area contributed by atoms with Gasteiger partial charge in [-0.25, -0.2) is 15.0 Å². The van der Waals surface area contributed by atoms with E-state index in [0.29, 0.717) is 11.7 Å². The zero-order valence-electron chi connectivity index (χ0n) is 8.05. The summed E-state index contributed by atoms with van der Waals surface area (Å²) in [4.78, 5) is 12.9. The first-order chi connectivity index (χ1) is 7.33.